The number of benzene rings is 1. The number of carbonyl (C=O) groups is 2. The average Bonchev–Trinajstić information content (AvgIpc) is 3.42. The van der Waals surface area contributed by atoms with Crippen LogP contribution in [-0.4, -0.2) is 41.3 Å². The summed E-state index contributed by atoms with van der Waals surface area (Å²) in [6.07, 6.45) is 4.77. The van der Waals surface area contributed by atoms with Crippen molar-refractivity contribution in [3.05, 3.63) is 58.8 Å². The molecule has 30 heavy (non-hydrogen) atoms. The van der Waals surface area contributed by atoms with Gasteiger partial charge in [0.05, 0.1) is 6.26 Å². The molecule has 4 rings (SSSR count). The van der Waals surface area contributed by atoms with E-state index in [0.29, 0.717) is 22.1 Å². The van der Waals surface area contributed by atoms with Gasteiger partial charge in [0.2, 0.25) is 5.91 Å². The molecule has 3 heterocycles. The molecule has 1 saturated heterocycles. The molecular weight excluding hydrogens is 398 g/mol. The van der Waals surface area contributed by atoms with Crippen molar-refractivity contribution < 1.29 is 14.0 Å². The Bertz CT molecular complexity index is 1020. The average molecular weight is 424 g/mol. The van der Waals surface area contributed by atoms with Gasteiger partial charge in [0.1, 0.15) is 12.2 Å². The lowest BCUT2D eigenvalue weighted by Gasteiger charge is -2.30. The number of likely N-dealkylation sites (tertiary alicyclic amines) is 1. The van der Waals surface area contributed by atoms with Crippen molar-refractivity contribution in [1.29, 1.82) is 0 Å². The zero-order chi connectivity index (χ0) is 21.1. The molecule has 0 aliphatic carbocycles. The Morgan fingerprint density at radius 2 is 1.83 bits per heavy atom. The monoisotopic (exact) mass is 423 g/mol. The molecule has 1 aliphatic heterocycles. The standard InChI is InChI=1S/C23H25N3O3S/c1-16-8-10-18(11-9-16)26(15-20(27)25-12-4-3-5-13-25)23(28)21-17(2)30-22(24-21)19-7-6-14-29-19/h6-11,14H,3-5,12-13,15H2,1-2H3. The predicted octanol–water partition coefficient (Wildman–Crippen LogP) is 4.68. The first-order valence-electron chi connectivity index (χ1n) is 10.2. The molecule has 3 aromatic rings. The van der Waals surface area contributed by atoms with Gasteiger partial charge in [-0.1, -0.05) is 17.7 Å². The number of nitrogens with zero attached hydrogens (tertiary/aromatic N) is 3. The Labute approximate surface area is 180 Å². The number of hydrogen-bond acceptors (Lipinski definition) is 5. The van der Waals surface area contributed by atoms with E-state index in [-0.39, 0.29) is 18.4 Å². The second-order valence-electron chi connectivity index (χ2n) is 7.57. The minimum absolute atomic E-state index is 0.00888. The molecule has 2 aromatic heterocycles. The van der Waals surface area contributed by atoms with Gasteiger partial charge in [0.25, 0.3) is 5.91 Å². The van der Waals surface area contributed by atoms with Crippen LogP contribution in [0.2, 0.25) is 0 Å². The van der Waals surface area contributed by atoms with Crippen LogP contribution in [0.25, 0.3) is 10.8 Å². The van der Waals surface area contributed by atoms with E-state index in [1.807, 2.05) is 49.1 Å². The summed E-state index contributed by atoms with van der Waals surface area (Å²) >= 11 is 1.41. The third kappa shape index (κ3) is 4.31. The van der Waals surface area contributed by atoms with Crippen molar-refractivity contribution in [2.24, 2.45) is 0 Å². The van der Waals surface area contributed by atoms with Crippen LogP contribution in [0, 0.1) is 13.8 Å². The molecule has 1 aromatic carbocycles. The third-order valence-corrected chi connectivity index (χ3v) is 6.31. The first-order valence-corrected chi connectivity index (χ1v) is 11.0. The second kappa shape index (κ2) is 8.83. The minimum Gasteiger partial charge on any atom is -0.462 e. The topological polar surface area (TPSA) is 66.7 Å². The van der Waals surface area contributed by atoms with Crippen molar-refractivity contribution in [2.45, 2.75) is 33.1 Å². The molecule has 0 saturated carbocycles. The van der Waals surface area contributed by atoms with Gasteiger partial charge in [0.15, 0.2) is 10.8 Å². The van der Waals surface area contributed by atoms with Crippen LogP contribution in [0.1, 0.15) is 40.2 Å². The van der Waals surface area contributed by atoms with Crippen LogP contribution in [0.15, 0.2) is 47.1 Å². The number of piperidine rings is 1. The second-order valence-corrected chi connectivity index (χ2v) is 8.77. The highest BCUT2D eigenvalue weighted by molar-refractivity contribution is 7.15. The van der Waals surface area contributed by atoms with E-state index in [0.717, 1.165) is 42.8 Å². The maximum absolute atomic E-state index is 13.5. The van der Waals surface area contributed by atoms with Crippen LogP contribution in [-0.2, 0) is 4.79 Å². The third-order valence-electron chi connectivity index (χ3n) is 5.32. The molecule has 0 unspecified atom stereocenters. The Balaban J connectivity index is 1.64. The summed E-state index contributed by atoms with van der Waals surface area (Å²) in [4.78, 5) is 35.2. The van der Waals surface area contributed by atoms with E-state index < -0.39 is 0 Å². The summed E-state index contributed by atoms with van der Waals surface area (Å²) in [5, 5.41) is 0.659. The molecule has 1 fully saturated rings. The number of hydrogen-bond donors (Lipinski definition) is 0. The molecule has 0 spiro atoms. The van der Waals surface area contributed by atoms with Crippen LogP contribution in [0.4, 0.5) is 5.69 Å². The van der Waals surface area contributed by atoms with Crippen molar-refractivity contribution in [1.82, 2.24) is 9.88 Å². The zero-order valence-electron chi connectivity index (χ0n) is 17.3. The molecule has 2 amide bonds. The molecule has 6 nitrogen and oxygen atoms in total. The number of amides is 2. The van der Waals surface area contributed by atoms with Crippen LogP contribution in [0.5, 0.6) is 0 Å². The molecule has 156 valence electrons. The van der Waals surface area contributed by atoms with E-state index >= 15 is 0 Å². The molecule has 0 bridgehead atoms. The molecule has 1 aliphatic rings. The number of aryl methyl sites for hydroxylation is 2. The first-order chi connectivity index (χ1) is 14.5. The van der Waals surface area contributed by atoms with Gasteiger partial charge in [-0.3, -0.25) is 14.5 Å². The van der Waals surface area contributed by atoms with Crippen molar-refractivity contribution in [3.63, 3.8) is 0 Å². The minimum atomic E-state index is -0.268. The molecular formula is C23H25N3O3S. The molecule has 0 N–H and O–H groups in total. The summed E-state index contributed by atoms with van der Waals surface area (Å²) in [5.74, 6) is 0.340. The Hall–Kier alpha value is -2.93. The number of aromatic nitrogens is 1. The van der Waals surface area contributed by atoms with Gasteiger partial charge in [-0.2, -0.15) is 0 Å². The fourth-order valence-corrected chi connectivity index (χ4v) is 4.49. The predicted molar refractivity (Wildman–Crippen MR) is 118 cm³/mol. The summed E-state index contributed by atoms with van der Waals surface area (Å²) in [7, 11) is 0. The van der Waals surface area contributed by atoms with Crippen molar-refractivity contribution in [2.75, 3.05) is 24.5 Å². The van der Waals surface area contributed by atoms with Gasteiger partial charge < -0.3 is 9.32 Å². The lowest BCUT2D eigenvalue weighted by molar-refractivity contribution is -0.130. The largest absolute Gasteiger partial charge is 0.462 e. The van der Waals surface area contributed by atoms with Crippen molar-refractivity contribution >= 4 is 28.8 Å². The van der Waals surface area contributed by atoms with E-state index in [1.54, 1.807) is 17.2 Å². The van der Waals surface area contributed by atoms with Crippen LogP contribution >= 0.6 is 11.3 Å². The highest BCUT2D eigenvalue weighted by atomic mass is 32.1. The van der Waals surface area contributed by atoms with E-state index in [2.05, 4.69) is 4.98 Å². The zero-order valence-corrected chi connectivity index (χ0v) is 18.1. The number of thiazole rings is 1. The smallest absolute Gasteiger partial charge is 0.278 e. The molecule has 7 heteroatoms. The summed E-state index contributed by atoms with van der Waals surface area (Å²) in [5.41, 5.74) is 2.15. The summed E-state index contributed by atoms with van der Waals surface area (Å²) < 4.78 is 5.43. The van der Waals surface area contributed by atoms with Crippen LogP contribution < -0.4 is 4.90 Å². The van der Waals surface area contributed by atoms with Gasteiger partial charge in [-0.05, 0) is 57.4 Å². The van der Waals surface area contributed by atoms with Crippen molar-refractivity contribution in [3.8, 4) is 10.8 Å². The quantitative estimate of drug-likeness (QED) is 0.598. The lowest BCUT2D eigenvalue weighted by atomic mass is 10.1. The highest BCUT2D eigenvalue weighted by Gasteiger charge is 2.28. The summed E-state index contributed by atoms with van der Waals surface area (Å²) in [6, 6.07) is 11.3. The van der Waals surface area contributed by atoms with E-state index in [4.69, 9.17) is 4.42 Å². The first kappa shape index (κ1) is 20.3. The molecule has 0 radical (unpaired) electrons. The Kier molecular flexibility index (Phi) is 5.99. The summed E-state index contributed by atoms with van der Waals surface area (Å²) in [6.45, 7) is 5.39. The van der Waals surface area contributed by atoms with Crippen LogP contribution in [0.3, 0.4) is 0 Å². The maximum Gasteiger partial charge on any atom is 0.278 e. The maximum atomic E-state index is 13.5. The molecule has 0 atom stereocenters. The fourth-order valence-electron chi connectivity index (χ4n) is 3.61. The number of anilines is 1. The number of furan rings is 1. The van der Waals surface area contributed by atoms with Gasteiger partial charge in [0, 0.05) is 23.7 Å². The van der Waals surface area contributed by atoms with E-state index in [9.17, 15) is 9.59 Å². The van der Waals surface area contributed by atoms with Gasteiger partial charge >= 0.3 is 0 Å². The lowest BCUT2D eigenvalue weighted by Crippen LogP contribution is -2.45. The van der Waals surface area contributed by atoms with E-state index in [1.165, 1.54) is 11.3 Å². The number of carbonyl (C=O) groups excluding carboxylic acids is 2. The van der Waals surface area contributed by atoms with Gasteiger partial charge in [-0.15, -0.1) is 11.3 Å². The SMILES string of the molecule is Cc1ccc(N(CC(=O)N2CCCCC2)C(=O)c2nc(-c3ccco3)sc2C)cc1. The Morgan fingerprint density at radius 1 is 1.10 bits per heavy atom. The fraction of sp³-hybridized carbons (Fsp3) is 0.348. The van der Waals surface area contributed by atoms with Gasteiger partial charge in [-0.25, -0.2) is 4.98 Å². The highest BCUT2D eigenvalue weighted by Crippen LogP contribution is 2.29. The normalized spacial score (nSPS) is 14.0. The number of rotatable bonds is 5. The Morgan fingerprint density at radius 3 is 2.50 bits per heavy atom.